The van der Waals surface area contributed by atoms with Crippen LogP contribution < -0.4 is 0 Å². The standard InChI is InChI=1S/C42H41O11P/c1-46-38-37(52-41(44)35-25-15-6-16-26-35)36(30-48-40(43)34-23-13-5-14-24-34)51-42(39(38)47-27-31-17-7-2-8-18-31)53-54(45,49-28-32-19-9-3-10-20-32)50-29-33-21-11-4-12-22-33/h2-26,36-39,42H,27-30H2,1H3/t36-,37-,38+,39+,42-/m1/s1. The van der Waals surface area contributed by atoms with Crippen molar-refractivity contribution in [3.63, 3.8) is 0 Å². The molecule has 1 aliphatic rings. The topological polar surface area (TPSA) is 125 Å². The minimum absolute atomic E-state index is 0.0572. The van der Waals surface area contributed by atoms with E-state index in [-0.39, 0.29) is 25.4 Å². The van der Waals surface area contributed by atoms with Gasteiger partial charge in [-0.2, -0.15) is 0 Å². The van der Waals surface area contributed by atoms with Crippen LogP contribution in [-0.2, 0) is 61.6 Å². The van der Waals surface area contributed by atoms with Crippen molar-refractivity contribution in [1.29, 1.82) is 0 Å². The molecule has 280 valence electrons. The molecule has 0 N–H and O–H groups in total. The van der Waals surface area contributed by atoms with Crippen molar-refractivity contribution in [3.8, 4) is 0 Å². The van der Waals surface area contributed by atoms with Crippen molar-refractivity contribution >= 4 is 19.8 Å². The maximum Gasteiger partial charge on any atom is 0.477 e. The molecule has 0 aliphatic carbocycles. The minimum atomic E-state index is -4.47. The van der Waals surface area contributed by atoms with Gasteiger partial charge in [-0.05, 0) is 41.0 Å². The fourth-order valence-electron chi connectivity index (χ4n) is 5.71. The Morgan fingerprint density at radius 3 is 1.50 bits per heavy atom. The van der Waals surface area contributed by atoms with Crippen molar-refractivity contribution < 1.29 is 51.4 Å². The van der Waals surface area contributed by atoms with Gasteiger partial charge in [-0.15, -0.1) is 0 Å². The quantitative estimate of drug-likeness (QED) is 0.0679. The Morgan fingerprint density at radius 2 is 1.02 bits per heavy atom. The predicted octanol–water partition coefficient (Wildman–Crippen LogP) is 7.95. The van der Waals surface area contributed by atoms with Gasteiger partial charge in [0.25, 0.3) is 0 Å². The lowest BCUT2D eigenvalue weighted by atomic mass is 9.98. The summed E-state index contributed by atoms with van der Waals surface area (Å²) in [6.45, 7) is -0.566. The van der Waals surface area contributed by atoms with E-state index in [4.69, 9.17) is 37.3 Å². The second kappa shape index (κ2) is 19.4. The Labute approximate surface area is 314 Å². The average Bonchev–Trinajstić information content (AvgIpc) is 3.23. The molecule has 0 unspecified atom stereocenters. The summed E-state index contributed by atoms with van der Waals surface area (Å²) in [7, 11) is -3.06. The van der Waals surface area contributed by atoms with Crippen molar-refractivity contribution in [2.24, 2.45) is 0 Å². The molecule has 0 amide bonds. The highest BCUT2D eigenvalue weighted by atomic mass is 31.2. The lowest BCUT2D eigenvalue weighted by Gasteiger charge is -2.45. The van der Waals surface area contributed by atoms with E-state index in [9.17, 15) is 14.2 Å². The van der Waals surface area contributed by atoms with Gasteiger partial charge in [0.05, 0.1) is 30.9 Å². The third-order valence-electron chi connectivity index (χ3n) is 8.49. The van der Waals surface area contributed by atoms with Gasteiger partial charge in [-0.25, -0.2) is 14.2 Å². The maximum absolute atomic E-state index is 14.6. The molecule has 0 bridgehead atoms. The fraction of sp³-hybridized carbons (Fsp3) is 0.238. The number of esters is 2. The molecule has 5 aromatic carbocycles. The van der Waals surface area contributed by atoms with Crippen LogP contribution in [0.3, 0.4) is 0 Å². The van der Waals surface area contributed by atoms with Gasteiger partial charge in [0.2, 0.25) is 0 Å². The molecule has 0 spiro atoms. The van der Waals surface area contributed by atoms with Crippen LogP contribution >= 0.6 is 7.82 Å². The van der Waals surface area contributed by atoms with Crippen LogP contribution in [0.2, 0.25) is 0 Å². The number of phosphoric ester groups is 1. The van der Waals surface area contributed by atoms with Gasteiger partial charge in [-0.3, -0.25) is 13.6 Å². The van der Waals surface area contributed by atoms with E-state index in [1.807, 2.05) is 91.0 Å². The molecular formula is C42H41O11P. The first-order valence-corrected chi connectivity index (χ1v) is 18.8. The molecule has 1 fully saturated rings. The Bertz CT molecular complexity index is 1890. The lowest BCUT2D eigenvalue weighted by molar-refractivity contribution is -0.296. The van der Waals surface area contributed by atoms with Crippen molar-refractivity contribution in [3.05, 3.63) is 179 Å². The predicted molar refractivity (Wildman–Crippen MR) is 198 cm³/mol. The summed E-state index contributed by atoms with van der Waals surface area (Å²) in [5, 5.41) is 0. The monoisotopic (exact) mass is 752 g/mol. The van der Waals surface area contributed by atoms with Crippen LogP contribution in [-0.4, -0.2) is 56.4 Å². The van der Waals surface area contributed by atoms with E-state index in [1.54, 1.807) is 60.7 Å². The van der Waals surface area contributed by atoms with E-state index in [0.717, 1.165) is 16.7 Å². The zero-order valence-electron chi connectivity index (χ0n) is 29.6. The highest BCUT2D eigenvalue weighted by Gasteiger charge is 2.53. The van der Waals surface area contributed by atoms with Gasteiger partial charge in [0, 0.05) is 7.11 Å². The summed E-state index contributed by atoms with van der Waals surface area (Å²) in [5.41, 5.74) is 2.84. The molecule has 0 aromatic heterocycles. The van der Waals surface area contributed by atoms with Gasteiger partial charge >= 0.3 is 19.8 Å². The molecule has 5 aromatic rings. The first kappa shape index (κ1) is 38.7. The Kier molecular flexibility index (Phi) is 13.9. The van der Waals surface area contributed by atoms with Crippen LogP contribution in [0.25, 0.3) is 0 Å². The Morgan fingerprint density at radius 1 is 0.574 bits per heavy atom. The zero-order chi connectivity index (χ0) is 37.6. The maximum atomic E-state index is 14.6. The number of benzene rings is 5. The lowest BCUT2D eigenvalue weighted by Crippen LogP contribution is -2.62. The highest BCUT2D eigenvalue weighted by molar-refractivity contribution is 7.48. The summed E-state index contributed by atoms with van der Waals surface area (Å²) >= 11 is 0. The number of hydrogen-bond acceptors (Lipinski definition) is 11. The van der Waals surface area contributed by atoms with E-state index in [1.165, 1.54) is 7.11 Å². The van der Waals surface area contributed by atoms with Gasteiger partial charge in [-0.1, -0.05) is 127 Å². The van der Waals surface area contributed by atoms with E-state index in [0.29, 0.717) is 5.56 Å². The number of rotatable bonds is 17. The van der Waals surface area contributed by atoms with Crippen molar-refractivity contribution in [2.45, 2.75) is 50.5 Å². The summed E-state index contributed by atoms with van der Waals surface area (Å²) in [4.78, 5) is 26.6. The third-order valence-corrected chi connectivity index (χ3v) is 9.84. The molecule has 1 aliphatic heterocycles. The number of carbonyl (C=O) groups is 2. The van der Waals surface area contributed by atoms with Crippen molar-refractivity contribution in [2.75, 3.05) is 13.7 Å². The largest absolute Gasteiger partial charge is 0.477 e. The summed E-state index contributed by atoms with van der Waals surface area (Å²) in [6, 6.07) is 44.4. The number of ether oxygens (including phenoxy) is 5. The molecule has 5 atom stereocenters. The molecular weight excluding hydrogens is 711 g/mol. The van der Waals surface area contributed by atoms with Gasteiger partial charge in [0.1, 0.15) is 24.9 Å². The minimum Gasteiger partial charge on any atom is -0.459 e. The van der Waals surface area contributed by atoms with Gasteiger partial charge < -0.3 is 23.7 Å². The van der Waals surface area contributed by atoms with E-state index < -0.39 is 57.1 Å². The number of hydrogen-bond donors (Lipinski definition) is 0. The second-order valence-corrected chi connectivity index (χ2v) is 13.9. The Balaban J connectivity index is 1.33. The summed E-state index contributed by atoms with van der Waals surface area (Å²) in [5.74, 6) is -1.31. The first-order chi connectivity index (χ1) is 26.4. The van der Waals surface area contributed by atoms with Crippen LogP contribution in [0, 0.1) is 0 Å². The van der Waals surface area contributed by atoms with Gasteiger partial charge in [0.15, 0.2) is 12.4 Å². The van der Waals surface area contributed by atoms with Crippen LogP contribution in [0.5, 0.6) is 0 Å². The average molecular weight is 753 g/mol. The molecule has 1 saturated heterocycles. The molecule has 0 saturated carbocycles. The third kappa shape index (κ3) is 10.8. The molecule has 6 rings (SSSR count). The number of phosphoric acid groups is 1. The van der Waals surface area contributed by atoms with Crippen molar-refractivity contribution in [1.82, 2.24) is 0 Å². The second-order valence-electron chi connectivity index (χ2n) is 12.3. The smallest absolute Gasteiger partial charge is 0.459 e. The normalized spacial score (nSPS) is 19.8. The molecule has 0 radical (unpaired) electrons. The molecule has 54 heavy (non-hydrogen) atoms. The van der Waals surface area contributed by atoms with E-state index in [2.05, 4.69) is 0 Å². The number of methoxy groups -OCH3 is 1. The number of carbonyl (C=O) groups excluding carboxylic acids is 2. The molecule has 1 heterocycles. The summed E-state index contributed by atoms with van der Waals surface area (Å²) < 4.78 is 63.3. The summed E-state index contributed by atoms with van der Waals surface area (Å²) in [6.07, 6.45) is -6.13. The zero-order valence-corrected chi connectivity index (χ0v) is 30.5. The SMILES string of the molecule is CO[C@@H]1[C@H](OCc2ccccc2)[C@@H](OP(=O)(OCc2ccccc2)OCc2ccccc2)O[C@H](COC(=O)c2ccccc2)[C@H]1OC(=O)c1ccccc1. The Hall–Kier alpha value is -4.97. The highest BCUT2D eigenvalue weighted by Crippen LogP contribution is 2.53. The first-order valence-electron chi connectivity index (χ1n) is 17.4. The fourth-order valence-corrected chi connectivity index (χ4v) is 6.95. The van der Waals surface area contributed by atoms with E-state index >= 15 is 0 Å². The van der Waals surface area contributed by atoms with Crippen LogP contribution in [0.1, 0.15) is 37.4 Å². The van der Waals surface area contributed by atoms with Crippen LogP contribution in [0.4, 0.5) is 0 Å². The molecule has 11 nitrogen and oxygen atoms in total. The van der Waals surface area contributed by atoms with Crippen LogP contribution in [0.15, 0.2) is 152 Å². The molecule has 12 heteroatoms.